The number of benzene rings is 2. The summed E-state index contributed by atoms with van der Waals surface area (Å²) < 4.78 is 10.5. The van der Waals surface area contributed by atoms with Crippen LogP contribution in [0.4, 0.5) is 0 Å². The van der Waals surface area contributed by atoms with E-state index in [0.29, 0.717) is 17.9 Å². The molecular formula is C17H19NO3. The van der Waals surface area contributed by atoms with E-state index >= 15 is 0 Å². The lowest BCUT2D eigenvalue weighted by molar-refractivity contribution is 0.0600. The Morgan fingerprint density at radius 1 is 1.10 bits per heavy atom. The first kappa shape index (κ1) is 15.1. The second-order valence-electron chi connectivity index (χ2n) is 4.62. The smallest absolute Gasteiger partial charge is 0.337 e. The fraction of sp³-hybridized carbons (Fsp3) is 0.235. The second kappa shape index (κ2) is 7.45. The summed E-state index contributed by atoms with van der Waals surface area (Å²) >= 11 is 0. The van der Waals surface area contributed by atoms with E-state index < -0.39 is 0 Å². The van der Waals surface area contributed by atoms with Crippen molar-refractivity contribution in [2.45, 2.75) is 12.8 Å². The van der Waals surface area contributed by atoms with Gasteiger partial charge in [-0.15, -0.1) is 0 Å². The maximum absolute atomic E-state index is 11.4. The molecule has 0 saturated heterocycles. The summed E-state index contributed by atoms with van der Waals surface area (Å²) in [5.74, 6) is 1.14. The summed E-state index contributed by atoms with van der Waals surface area (Å²) in [5.41, 5.74) is 7.18. The number of esters is 1. The zero-order chi connectivity index (χ0) is 15.1. The summed E-state index contributed by atoms with van der Waals surface area (Å²) in [6.07, 6.45) is 1.80. The molecule has 2 aromatic carbocycles. The first-order valence-corrected chi connectivity index (χ1v) is 6.89. The van der Waals surface area contributed by atoms with Crippen LogP contribution < -0.4 is 10.5 Å². The number of ether oxygens (including phenoxy) is 2. The van der Waals surface area contributed by atoms with Gasteiger partial charge in [0.1, 0.15) is 11.5 Å². The molecule has 0 fully saturated rings. The molecular weight excluding hydrogens is 266 g/mol. The summed E-state index contributed by atoms with van der Waals surface area (Å²) in [6.45, 7) is 0.655. The van der Waals surface area contributed by atoms with Crippen molar-refractivity contribution in [1.82, 2.24) is 0 Å². The van der Waals surface area contributed by atoms with Crippen LogP contribution in [0.1, 0.15) is 22.3 Å². The highest BCUT2D eigenvalue weighted by molar-refractivity contribution is 5.89. The largest absolute Gasteiger partial charge is 0.465 e. The monoisotopic (exact) mass is 285 g/mol. The Kier molecular flexibility index (Phi) is 5.35. The minimum absolute atomic E-state index is 0.357. The third-order valence-corrected chi connectivity index (χ3v) is 3.13. The van der Waals surface area contributed by atoms with E-state index in [1.54, 1.807) is 24.3 Å². The van der Waals surface area contributed by atoms with Crippen LogP contribution in [0.15, 0.2) is 48.5 Å². The van der Waals surface area contributed by atoms with Crippen molar-refractivity contribution in [2.24, 2.45) is 5.73 Å². The van der Waals surface area contributed by atoms with Gasteiger partial charge in [0.25, 0.3) is 0 Å². The average Bonchev–Trinajstić information content (AvgIpc) is 2.54. The van der Waals surface area contributed by atoms with E-state index in [2.05, 4.69) is 4.74 Å². The SMILES string of the molecule is COC(=O)c1ccc(Oc2ccccc2CCCN)cc1. The summed E-state index contributed by atoms with van der Waals surface area (Å²) in [5, 5.41) is 0. The van der Waals surface area contributed by atoms with Gasteiger partial charge in [0.15, 0.2) is 0 Å². The maximum atomic E-state index is 11.4. The van der Waals surface area contributed by atoms with Gasteiger partial charge < -0.3 is 15.2 Å². The van der Waals surface area contributed by atoms with Gasteiger partial charge in [0.2, 0.25) is 0 Å². The van der Waals surface area contributed by atoms with Crippen molar-refractivity contribution in [3.05, 3.63) is 59.7 Å². The minimum atomic E-state index is -0.357. The van der Waals surface area contributed by atoms with Gasteiger partial charge in [0.05, 0.1) is 12.7 Å². The molecule has 0 atom stereocenters. The number of nitrogens with two attached hydrogens (primary N) is 1. The molecule has 2 rings (SSSR count). The lowest BCUT2D eigenvalue weighted by Crippen LogP contribution is -2.02. The molecule has 0 amide bonds. The molecule has 0 aliphatic carbocycles. The van der Waals surface area contributed by atoms with Gasteiger partial charge in [-0.1, -0.05) is 18.2 Å². The molecule has 0 aliphatic heterocycles. The van der Waals surface area contributed by atoms with Crippen LogP contribution in [0.25, 0.3) is 0 Å². The normalized spacial score (nSPS) is 10.2. The van der Waals surface area contributed by atoms with E-state index in [9.17, 15) is 4.79 Å². The molecule has 4 nitrogen and oxygen atoms in total. The highest BCUT2D eigenvalue weighted by atomic mass is 16.5. The Bertz CT molecular complexity index is 593. The van der Waals surface area contributed by atoms with Gasteiger partial charge in [-0.25, -0.2) is 4.79 Å². The van der Waals surface area contributed by atoms with Crippen molar-refractivity contribution >= 4 is 5.97 Å². The number of para-hydroxylation sites is 1. The predicted octanol–water partition coefficient (Wildman–Crippen LogP) is 3.16. The van der Waals surface area contributed by atoms with Crippen LogP contribution in [0, 0.1) is 0 Å². The zero-order valence-electron chi connectivity index (χ0n) is 12.0. The number of hydrogen-bond acceptors (Lipinski definition) is 4. The summed E-state index contributed by atoms with van der Waals surface area (Å²) in [7, 11) is 1.36. The second-order valence-corrected chi connectivity index (χ2v) is 4.62. The lowest BCUT2D eigenvalue weighted by Gasteiger charge is -2.11. The molecule has 0 unspecified atom stereocenters. The molecule has 21 heavy (non-hydrogen) atoms. The molecule has 110 valence electrons. The third-order valence-electron chi connectivity index (χ3n) is 3.13. The Labute approximate surface area is 124 Å². The van der Waals surface area contributed by atoms with Crippen LogP contribution in [-0.4, -0.2) is 19.6 Å². The highest BCUT2D eigenvalue weighted by Crippen LogP contribution is 2.26. The van der Waals surface area contributed by atoms with Crippen LogP contribution in [0.3, 0.4) is 0 Å². The number of aryl methyl sites for hydroxylation is 1. The van der Waals surface area contributed by atoms with Gasteiger partial charge >= 0.3 is 5.97 Å². The van der Waals surface area contributed by atoms with Crippen molar-refractivity contribution in [3.63, 3.8) is 0 Å². The Morgan fingerprint density at radius 3 is 2.48 bits per heavy atom. The van der Waals surface area contributed by atoms with Crippen molar-refractivity contribution in [2.75, 3.05) is 13.7 Å². The van der Waals surface area contributed by atoms with Crippen molar-refractivity contribution < 1.29 is 14.3 Å². The van der Waals surface area contributed by atoms with E-state index in [1.807, 2.05) is 24.3 Å². The molecule has 0 aliphatic rings. The van der Waals surface area contributed by atoms with E-state index in [4.69, 9.17) is 10.5 Å². The predicted molar refractivity (Wildman–Crippen MR) is 81.7 cm³/mol. The lowest BCUT2D eigenvalue weighted by atomic mass is 10.1. The quantitative estimate of drug-likeness (QED) is 0.828. The number of carbonyl (C=O) groups is 1. The zero-order valence-corrected chi connectivity index (χ0v) is 12.0. The molecule has 4 heteroatoms. The van der Waals surface area contributed by atoms with Gasteiger partial charge in [-0.05, 0) is 55.3 Å². The molecule has 0 saturated carbocycles. The Morgan fingerprint density at radius 2 is 1.81 bits per heavy atom. The Balaban J connectivity index is 2.12. The van der Waals surface area contributed by atoms with E-state index in [-0.39, 0.29) is 5.97 Å². The number of rotatable bonds is 6. The standard InChI is InChI=1S/C17H19NO3/c1-20-17(19)14-8-10-15(11-9-14)21-16-7-3-2-5-13(16)6-4-12-18/h2-3,5,7-11H,4,6,12,18H2,1H3. The van der Waals surface area contributed by atoms with Crippen molar-refractivity contribution in [1.29, 1.82) is 0 Å². The summed E-state index contributed by atoms with van der Waals surface area (Å²) in [4.78, 5) is 11.4. The number of carbonyl (C=O) groups excluding carboxylic acids is 1. The molecule has 2 aromatic rings. The molecule has 0 heterocycles. The van der Waals surface area contributed by atoms with Gasteiger partial charge in [-0.3, -0.25) is 0 Å². The van der Waals surface area contributed by atoms with Crippen LogP contribution in [0.5, 0.6) is 11.5 Å². The van der Waals surface area contributed by atoms with Crippen LogP contribution in [-0.2, 0) is 11.2 Å². The molecule has 0 bridgehead atoms. The molecule has 2 N–H and O–H groups in total. The highest BCUT2D eigenvalue weighted by Gasteiger charge is 2.07. The van der Waals surface area contributed by atoms with Crippen molar-refractivity contribution in [3.8, 4) is 11.5 Å². The van der Waals surface area contributed by atoms with E-state index in [1.165, 1.54) is 7.11 Å². The number of methoxy groups -OCH3 is 1. The topological polar surface area (TPSA) is 61.5 Å². The fourth-order valence-corrected chi connectivity index (χ4v) is 2.01. The van der Waals surface area contributed by atoms with Gasteiger partial charge in [0, 0.05) is 0 Å². The van der Waals surface area contributed by atoms with E-state index in [0.717, 1.165) is 24.2 Å². The molecule has 0 spiro atoms. The third kappa shape index (κ3) is 4.07. The first-order valence-electron chi connectivity index (χ1n) is 6.89. The molecule has 0 aromatic heterocycles. The summed E-state index contributed by atoms with van der Waals surface area (Å²) in [6, 6.07) is 14.8. The maximum Gasteiger partial charge on any atom is 0.337 e. The fourth-order valence-electron chi connectivity index (χ4n) is 2.01. The van der Waals surface area contributed by atoms with Crippen LogP contribution >= 0.6 is 0 Å². The minimum Gasteiger partial charge on any atom is -0.465 e. The van der Waals surface area contributed by atoms with Gasteiger partial charge in [-0.2, -0.15) is 0 Å². The Hall–Kier alpha value is -2.33. The molecule has 0 radical (unpaired) electrons. The van der Waals surface area contributed by atoms with Crippen LogP contribution in [0.2, 0.25) is 0 Å². The average molecular weight is 285 g/mol. The number of hydrogen-bond donors (Lipinski definition) is 1. The first-order chi connectivity index (χ1) is 10.2.